The molecule has 1 aromatic rings. The van der Waals surface area contributed by atoms with Crippen LogP contribution in [0, 0.1) is 0 Å². The minimum atomic E-state index is -3.86. The number of sulfonamides is 1. The van der Waals surface area contributed by atoms with E-state index in [9.17, 15) is 13.2 Å². The van der Waals surface area contributed by atoms with Crippen LogP contribution in [0.2, 0.25) is 10.0 Å². The molecule has 1 fully saturated rings. The Morgan fingerprint density at radius 3 is 2.45 bits per heavy atom. The molecule has 0 radical (unpaired) electrons. The summed E-state index contributed by atoms with van der Waals surface area (Å²) >= 11 is 11.8. The Morgan fingerprint density at radius 2 is 1.95 bits per heavy atom. The minimum Gasteiger partial charge on any atom is -0.399 e. The smallest absolute Gasteiger partial charge is 0.243 e. The number of hydrogen-bond acceptors (Lipinski definition) is 4. The second-order valence-electron chi connectivity index (χ2n) is 4.47. The molecule has 1 aromatic carbocycles. The Bertz CT molecular complexity index is 625. The van der Waals surface area contributed by atoms with Crippen molar-refractivity contribution in [2.45, 2.75) is 23.8 Å². The first-order valence-electron chi connectivity index (χ1n) is 5.83. The average molecular weight is 338 g/mol. The highest BCUT2D eigenvalue weighted by molar-refractivity contribution is 7.89. The Kier molecular flexibility index (Phi) is 4.43. The van der Waals surface area contributed by atoms with Crippen molar-refractivity contribution in [3.8, 4) is 0 Å². The third-order valence-electron chi connectivity index (χ3n) is 2.89. The van der Waals surface area contributed by atoms with Crippen molar-refractivity contribution in [3.63, 3.8) is 0 Å². The van der Waals surface area contributed by atoms with Crippen molar-refractivity contribution in [2.24, 2.45) is 0 Å². The van der Waals surface area contributed by atoms with Gasteiger partial charge in [0.05, 0.1) is 10.0 Å². The second kappa shape index (κ2) is 5.77. The molecule has 0 spiro atoms. The van der Waals surface area contributed by atoms with Crippen LogP contribution in [0.5, 0.6) is 0 Å². The van der Waals surface area contributed by atoms with Gasteiger partial charge in [-0.2, -0.15) is 0 Å². The molecule has 1 heterocycles. The SMILES string of the molecule is Nc1cc(Cl)c(S(=O)(=O)NCC2CCC(=O)N2)c(Cl)c1. The Morgan fingerprint density at radius 1 is 1.35 bits per heavy atom. The zero-order chi connectivity index (χ0) is 14.9. The Hall–Kier alpha value is -1.02. The van der Waals surface area contributed by atoms with Crippen LogP contribution in [-0.4, -0.2) is 26.9 Å². The normalized spacial score (nSPS) is 19.1. The second-order valence-corrected chi connectivity index (χ2v) is 6.99. The highest BCUT2D eigenvalue weighted by Gasteiger charge is 2.26. The third kappa shape index (κ3) is 3.35. The zero-order valence-electron chi connectivity index (χ0n) is 10.3. The van der Waals surface area contributed by atoms with Crippen LogP contribution >= 0.6 is 23.2 Å². The number of nitrogens with one attached hydrogen (secondary N) is 2. The number of rotatable bonds is 4. The number of carbonyl (C=O) groups excluding carboxylic acids is 1. The lowest BCUT2D eigenvalue weighted by molar-refractivity contribution is -0.119. The van der Waals surface area contributed by atoms with E-state index >= 15 is 0 Å². The monoisotopic (exact) mass is 337 g/mol. The molecule has 1 saturated heterocycles. The quantitative estimate of drug-likeness (QED) is 0.717. The van der Waals surface area contributed by atoms with Crippen molar-refractivity contribution in [2.75, 3.05) is 12.3 Å². The van der Waals surface area contributed by atoms with E-state index in [1.165, 1.54) is 12.1 Å². The van der Waals surface area contributed by atoms with Gasteiger partial charge in [-0.25, -0.2) is 13.1 Å². The van der Waals surface area contributed by atoms with Gasteiger partial charge < -0.3 is 11.1 Å². The first-order chi connectivity index (χ1) is 9.29. The predicted octanol–water partition coefficient (Wildman–Crippen LogP) is 1.13. The number of hydrogen-bond donors (Lipinski definition) is 3. The predicted molar refractivity (Wildman–Crippen MR) is 77.2 cm³/mol. The number of amides is 1. The molecule has 0 aliphatic carbocycles. The molecule has 110 valence electrons. The number of nitrogen functional groups attached to an aromatic ring is 1. The molecule has 9 heteroatoms. The van der Waals surface area contributed by atoms with E-state index in [-0.39, 0.29) is 39.1 Å². The van der Waals surface area contributed by atoms with Crippen LogP contribution in [0.1, 0.15) is 12.8 Å². The molecule has 2 rings (SSSR count). The maximum absolute atomic E-state index is 12.2. The summed E-state index contributed by atoms with van der Waals surface area (Å²) in [7, 11) is -3.86. The Balaban J connectivity index is 2.16. The highest BCUT2D eigenvalue weighted by Crippen LogP contribution is 2.31. The van der Waals surface area contributed by atoms with Gasteiger partial charge in [0.1, 0.15) is 4.90 Å². The highest BCUT2D eigenvalue weighted by atomic mass is 35.5. The van der Waals surface area contributed by atoms with Crippen LogP contribution in [0.4, 0.5) is 5.69 Å². The van der Waals surface area contributed by atoms with Crippen LogP contribution in [0.3, 0.4) is 0 Å². The summed E-state index contributed by atoms with van der Waals surface area (Å²) in [4.78, 5) is 10.8. The molecular formula is C11H13Cl2N3O3S. The summed E-state index contributed by atoms with van der Waals surface area (Å²) in [6.45, 7) is 0.0884. The van der Waals surface area contributed by atoms with Gasteiger partial charge in [0.25, 0.3) is 0 Å². The van der Waals surface area contributed by atoms with Crippen molar-refractivity contribution in [1.82, 2.24) is 10.0 Å². The van der Waals surface area contributed by atoms with Gasteiger partial charge in [-0.05, 0) is 18.6 Å². The molecule has 0 aromatic heterocycles. The van der Waals surface area contributed by atoms with E-state index in [1.807, 2.05) is 0 Å². The van der Waals surface area contributed by atoms with Crippen LogP contribution in [0.25, 0.3) is 0 Å². The average Bonchev–Trinajstić information content (AvgIpc) is 2.71. The fourth-order valence-corrected chi connectivity index (χ4v) is 4.26. The van der Waals surface area contributed by atoms with Crippen LogP contribution in [-0.2, 0) is 14.8 Å². The van der Waals surface area contributed by atoms with E-state index in [0.29, 0.717) is 12.8 Å². The summed E-state index contributed by atoms with van der Waals surface area (Å²) in [6.07, 6.45) is 0.986. The zero-order valence-corrected chi connectivity index (χ0v) is 12.6. The lowest BCUT2D eigenvalue weighted by Gasteiger charge is -2.14. The topological polar surface area (TPSA) is 101 Å². The Labute approximate surface area is 126 Å². The van der Waals surface area contributed by atoms with E-state index in [2.05, 4.69) is 10.0 Å². The van der Waals surface area contributed by atoms with Gasteiger partial charge in [0.15, 0.2) is 0 Å². The first-order valence-corrected chi connectivity index (χ1v) is 8.07. The maximum Gasteiger partial charge on any atom is 0.243 e. The van der Waals surface area contributed by atoms with E-state index < -0.39 is 10.0 Å². The maximum atomic E-state index is 12.2. The standard InChI is InChI=1S/C11H13Cl2N3O3S/c12-8-3-6(14)4-9(13)11(8)20(18,19)15-5-7-1-2-10(17)16-7/h3-4,7,15H,1-2,5,14H2,(H,16,17). The lowest BCUT2D eigenvalue weighted by atomic mass is 10.2. The van der Waals surface area contributed by atoms with Crippen LogP contribution in [0.15, 0.2) is 17.0 Å². The molecule has 0 saturated carbocycles. The summed E-state index contributed by atoms with van der Waals surface area (Å²) in [6, 6.07) is 2.42. The van der Waals surface area contributed by atoms with Gasteiger partial charge >= 0.3 is 0 Å². The van der Waals surface area contributed by atoms with Crippen molar-refractivity contribution in [1.29, 1.82) is 0 Å². The van der Waals surface area contributed by atoms with Gasteiger partial charge in [-0.3, -0.25) is 4.79 Å². The summed E-state index contributed by atoms with van der Waals surface area (Å²) in [5.74, 6) is -0.0854. The summed E-state index contributed by atoms with van der Waals surface area (Å²) in [5, 5.41) is 2.58. The minimum absolute atomic E-state index is 0.0436. The fraction of sp³-hybridized carbons (Fsp3) is 0.364. The van der Waals surface area contributed by atoms with Crippen molar-refractivity contribution in [3.05, 3.63) is 22.2 Å². The van der Waals surface area contributed by atoms with E-state index in [1.54, 1.807) is 0 Å². The van der Waals surface area contributed by atoms with Gasteiger partial charge in [-0.1, -0.05) is 23.2 Å². The molecule has 1 unspecified atom stereocenters. The van der Waals surface area contributed by atoms with Gasteiger partial charge in [0, 0.05) is 24.7 Å². The van der Waals surface area contributed by atoms with E-state index in [0.717, 1.165) is 0 Å². The molecular weight excluding hydrogens is 325 g/mol. The molecule has 1 aliphatic heterocycles. The largest absolute Gasteiger partial charge is 0.399 e. The number of carbonyl (C=O) groups is 1. The number of halogens is 2. The fourth-order valence-electron chi connectivity index (χ4n) is 1.95. The molecule has 6 nitrogen and oxygen atoms in total. The number of anilines is 1. The molecule has 1 amide bonds. The van der Waals surface area contributed by atoms with Crippen molar-refractivity contribution >= 4 is 44.8 Å². The van der Waals surface area contributed by atoms with Gasteiger partial charge in [-0.15, -0.1) is 0 Å². The van der Waals surface area contributed by atoms with Crippen molar-refractivity contribution < 1.29 is 13.2 Å². The number of benzene rings is 1. The summed E-state index contributed by atoms with van der Waals surface area (Å²) < 4.78 is 26.8. The van der Waals surface area contributed by atoms with E-state index in [4.69, 9.17) is 28.9 Å². The molecule has 1 atom stereocenters. The number of nitrogens with two attached hydrogens (primary N) is 1. The first kappa shape index (κ1) is 15.4. The lowest BCUT2D eigenvalue weighted by Crippen LogP contribution is -2.38. The third-order valence-corrected chi connectivity index (χ3v) is 5.24. The van der Waals surface area contributed by atoms with Gasteiger partial charge in [0.2, 0.25) is 15.9 Å². The molecule has 1 aliphatic rings. The summed E-state index contributed by atoms with van der Waals surface area (Å²) in [5.41, 5.74) is 5.81. The molecule has 4 N–H and O–H groups in total. The molecule has 0 bridgehead atoms. The molecule has 20 heavy (non-hydrogen) atoms. The van der Waals surface area contributed by atoms with Crippen LogP contribution < -0.4 is 15.8 Å².